The summed E-state index contributed by atoms with van der Waals surface area (Å²) in [5.74, 6) is -0.462. The molecule has 0 spiro atoms. The van der Waals surface area contributed by atoms with Gasteiger partial charge in [-0.3, -0.25) is 24.7 Å². The van der Waals surface area contributed by atoms with Crippen LogP contribution in [0.1, 0.15) is 16.1 Å². The summed E-state index contributed by atoms with van der Waals surface area (Å²) < 4.78 is 2.70. The summed E-state index contributed by atoms with van der Waals surface area (Å²) in [6.45, 7) is 1.69. The van der Waals surface area contributed by atoms with E-state index in [-0.39, 0.29) is 33.4 Å². The number of rotatable bonds is 5. The molecule has 0 aliphatic carbocycles. The molecular formula is C22H14Cl2N8O4. The molecule has 0 radical (unpaired) electrons. The molecule has 36 heavy (non-hydrogen) atoms. The fourth-order valence-corrected chi connectivity index (χ4v) is 3.91. The second-order valence-electron chi connectivity index (χ2n) is 7.62. The minimum absolute atomic E-state index is 0.00689. The fraction of sp³-hybridized carbons (Fsp3) is 0.0455. The molecule has 0 aliphatic rings. The minimum Gasteiger partial charge on any atom is -0.306 e. The van der Waals surface area contributed by atoms with E-state index in [1.165, 1.54) is 27.7 Å². The summed E-state index contributed by atoms with van der Waals surface area (Å²) in [5, 5.41) is 23.0. The van der Waals surface area contributed by atoms with Crippen molar-refractivity contribution in [2.24, 2.45) is 0 Å². The fourth-order valence-electron chi connectivity index (χ4n) is 3.54. The van der Waals surface area contributed by atoms with Gasteiger partial charge in [0.15, 0.2) is 5.65 Å². The third-order valence-electron chi connectivity index (χ3n) is 5.16. The highest BCUT2D eigenvalue weighted by molar-refractivity contribution is 6.32. The van der Waals surface area contributed by atoms with Crippen molar-refractivity contribution in [3.8, 4) is 11.6 Å². The molecule has 5 aromatic rings. The summed E-state index contributed by atoms with van der Waals surface area (Å²) >= 11 is 11.9. The second kappa shape index (κ2) is 8.91. The number of aromatic amines is 1. The third-order valence-corrected chi connectivity index (χ3v) is 5.71. The largest absolute Gasteiger partial charge is 0.306 e. The van der Waals surface area contributed by atoms with Gasteiger partial charge in [-0.05, 0) is 37.3 Å². The Morgan fingerprint density at radius 1 is 1.14 bits per heavy atom. The van der Waals surface area contributed by atoms with Crippen molar-refractivity contribution in [3.05, 3.63) is 96.5 Å². The lowest BCUT2D eigenvalue weighted by Gasteiger charge is -2.09. The number of nitro groups is 1. The van der Waals surface area contributed by atoms with Crippen LogP contribution in [0.4, 0.5) is 11.5 Å². The van der Waals surface area contributed by atoms with E-state index in [0.717, 1.165) is 6.07 Å². The van der Waals surface area contributed by atoms with Crippen LogP contribution < -0.4 is 10.9 Å². The van der Waals surface area contributed by atoms with Crippen LogP contribution in [0.25, 0.3) is 22.7 Å². The van der Waals surface area contributed by atoms with Crippen LogP contribution in [0.3, 0.4) is 0 Å². The number of benzene rings is 2. The van der Waals surface area contributed by atoms with Crippen LogP contribution >= 0.6 is 23.2 Å². The van der Waals surface area contributed by atoms with E-state index in [1.54, 1.807) is 37.3 Å². The topological polar surface area (TPSA) is 154 Å². The van der Waals surface area contributed by atoms with Crippen molar-refractivity contribution in [3.63, 3.8) is 0 Å². The second-order valence-corrected chi connectivity index (χ2v) is 8.47. The molecular weight excluding hydrogens is 511 g/mol. The highest BCUT2D eigenvalue weighted by Gasteiger charge is 2.20. The van der Waals surface area contributed by atoms with E-state index >= 15 is 0 Å². The molecule has 0 unspecified atom stereocenters. The van der Waals surface area contributed by atoms with Gasteiger partial charge in [0.25, 0.3) is 17.2 Å². The van der Waals surface area contributed by atoms with E-state index < -0.39 is 22.1 Å². The number of fused-ring (bicyclic) bond motifs is 1. The third kappa shape index (κ3) is 4.19. The van der Waals surface area contributed by atoms with Crippen LogP contribution in [-0.4, -0.2) is 40.4 Å². The Hall–Kier alpha value is -4.55. The van der Waals surface area contributed by atoms with E-state index in [4.69, 9.17) is 23.2 Å². The summed E-state index contributed by atoms with van der Waals surface area (Å²) in [7, 11) is 0. The molecule has 0 aliphatic heterocycles. The number of carbonyl (C=O) groups excluding carboxylic acids is 1. The number of H-pyrrole nitrogens is 1. The first-order chi connectivity index (χ1) is 17.2. The van der Waals surface area contributed by atoms with Crippen LogP contribution in [0, 0.1) is 17.0 Å². The van der Waals surface area contributed by atoms with Crippen molar-refractivity contribution in [2.45, 2.75) is 6.92 Å². The number of amides is 1. The van der Waals surface area contributed by atoms with Crippen molar-refractivity contribution < 1.29 is 9.72 Å². The summed E-state index contributed by atoms with van der Waals surface area (Å²) in [6.07, 6.45) is 1.39. The first-order valence-electron chi connectivity index (χ1n) is 10.3. The average Bonchev–Trinajstić information content (AvgIpc) is 3.42. The van der Waals surface area contributed by atoms with Gasteiger partial charge in [0.2, 0.25) is 5.95 Å². The Morgan fingerprint density at radius 3 is 2.69 bits per heavy atom. The van der Waals surface area contributed by atoms with E-state index in [1.807, 2.05) is 0 Å². The quantitative estimate of drug-likeness (QED) is 0.259. The zero-order valence-electron chi connectivity index (χ0n) is 18.3. The van der Waals surface area contributed by atoms with Gasteiger partial charge in [-0.1, -0.05) is 29.3 Å². The predicted molar refractivity (Wildman–Crippen MR) is 132 cm³/mol. The lowest BCUT2D eigenvalue weighted by Crippen LogP contribution is -2.19. The Morgan fingerprint density at radius 2 is 1.94 bits per heavy atom. The Labute approximate surface area is 211 Å². The molecule has 1 amide bonds. The van der Waals surface area contributed by atoms with Crippen LogP contribution in [0.2, 0.25) is 10.0 Å². The number of aryl methyl sites for hydroxylation is 1. The van der Waals surface area contributed by atoms with Crippen molar-refractivity contribution >= 4 is 51.6 Å². The normalized spacial score (nSPS) is 11.1. The standard InChI is InChI=1S/C22H14Cl2N8O4/c1-11-7-18(26-20(33)12-5-6-16(24)17(8-12)32(35)36)31(29-11)22-27-19-15(21(34)28-22)10-25-30(19)14-4-2-3-13(23)9-14/h2-10H,1H3,(H,26,33)(H,27,28,34). The molecule has 0 atom stereocenters. The summed E-state index contributed by atoms with van der Waals surface area (Å²) in [4.78, 5) is 43.3. The number of hydrogen-bond donors (Lipinski definition) is 2. The van der Waals surface area contributed by atoms with Crippen molar-refractivity contribution in [1.29, 1.82) is 0 Å². The first-order valence-corrected chi connectivity index (χ1v) is 11.0. The van der Waals surface area contributed by atoms with Crippen molar-refractivity contribution in [1.82, 2.24) is 29.5 Å². The molecule has 0 bridgehead atoms. The lowest BCUT2D eigenvalue weighted by atomic mass is 10.2. The van der Waals surface area contributed by atoms with Crippen molar-refractivity contribution in [2.75, 3.05) is 5.32 Å². The van der Waals surface area contributed by atoms with Gasteiger partial charge >= 0.3 is 0 Å². The zero-order chi connectivity index (χ0) is 25.6. The molecule has 0 fully saturated rings. The number of halogens is 2. The molecule has 0 saturated heterocycles. The van der Waals surface area contributed by atoms with Gasteiger partial charge in [0, 0.05) is 22.7 Å². The van der Waals surface area contributed by atoms with Gasteiger partial charge in [-0.2, -0.15) is 19.9 Å². The SMILES string of the molecule is Cc1cc(NC(=O)c2ccc(Cl)c([N+](=O)[O-])c2)n(-c2nc3c(cnn3-c3cccc(Cl)c3)c(=O)[nH]2)n1. The number of nitrogens with zero attached hydrogens (tertiary/aromatic N) is 6. The van der Waals surface area contributed by atoms with Gasteiger partial charge < -0.3 is 5.32 Å². The monoisotopic (exact) mass is 524 g/mol. The van der Waals surface area contributed by atoms with Crippen LogP contribution in [-0.2, 0) is 0 Å². The molecule has 12 nitrogen and oxygen atoms in total. The predicted octanol–water partition coefficient (Wildman–Crippen LogP) is 4.07. The molecule has 3 aromatic heterocycles. The van der Waals surface area contributed by atoms with E-state index in [0.29, 0.717) is 16.4 Å². The molecule has 5 rings (SSSR count). The maximum absolute atomic E-state index is 12.9. The van der Waals surface area contributed by atoms with Crippen LogP contribution in [0.15, 0.2) is 59.5 Å². The number of hydrogen-bond acceptors (Lipinski definition) is 7. The smallest absolute Gasteiger partial charge is 0.288 e. The number of nitrogens with one attached hydrogen (secondary N) is 2. The number of nitro benzene ring substituents is 1. The Balaban J connectivity index is 1.56. The van der Waals surface area contributed by atoms with Crippen LogP contribution in [0.5, 0.6) is 0 Å². The molecule has 2 aromatic carbocycles. The van der Waals surface area contributed by atoms with E-state index in [2.05, 4.69) is 25.5 Å². The Bertz CT molecular complexity index is 1740. The summed E-state index contributed by atoms with van der Waals surface area (Å²) in [6, 6.07) is 12.1. The highest BCUT2D eigenvalue weighted by atomic mass is 35.5. The Kier molecular flexibility index (Phi) is 5.74. The first kappa shape index (κ1) is 23.2. The zero-order valence-corrected chi connectivity index (χ0v) is 19.8. The number of anilines is 1. The van der Waals surface area contributed by atoms with E-state index in [9.17, 15) is 19.7 Å². The molecule has 0 saturated carbocycles. The van der Waals surface area contributed by atoms with Gasteiger partial charge in [-0.25, -0.2) is 4.68 Å². The minimum atomic E-state index is -0.680. The number of carbonyl (C=O) groups is 1. The number of aromatic nitrogens is 6. The van der Waals surface area contributed by atoms with Gasteiger partial charge in [0.05, 0.1) is 22.5 Å². The maximum atomic E-state index is 12.9. The molecule has 2 N–H and O–H groups in total. The van der Waals surface area contributed by atoms with Gasteiger partial charge in [-0.15, -0.1) is 0 Å². The average molecular weight is 525 g/mol. The molecule has 14 heteroatoms. The molecule has 180 valence electrons. The van der Waals surface area contributed by atoms with Gasteiger partial charge in [0.1, 0.15) is 16.2 Å². The maximum Gasteiger partial charge on any atom is 0.288 e. The lowest BCUT2D eigenvalue weighted by molar-refractivity contribution is -0.384. The summed E-state index contributed by atoms with van der Waals surface area (Å²) in [5.41, 5.74) is 0.485. The molecule has 3 heterocycles. The highest BCUT2D eigenvalue weighted by Crippen LogP contribution is 2.26.